The molecule has 1 heterocycles. The highest BCUT2D eigenvalue weighted by molar-refractivity contribution is 7.89. The lowest BCUT2D eigenvalue weighted by atomic mass is 10.0. The second kappa shape index (κ2) is 5.59. The summed E-state index contributed by atoms with van der Waals surface area (Å²) in [5, 5.41) is 5.19. The van der Waals surface area contributed by atoms with Gasteiger partial charge in [-0.25, -0.2) is 13.6 Å². The Morgan fingerprint density at radius 3 is 2.70 bits per heavy atom. The number of hydrogen-bond acceptors (Lipinski definition) is 5. The van der Waals surface area contributed by atoms with E-state index in [0.717, 1.165) is 31.6 Å². The van der Waals surface area contributed by atoms with Gasteiger partial charge in [-0.3, -0.25) is 0 Å². The molecule has 0 aromatic heterocycles. The largest absolute Gasteiger partial charge is 0.396 e. The standard InChI is InChI=1S/C13H22N4O2S/c1-16-8-4-5-10(9-16)17(2)11-6-3-7-12(13(11)14)20(15,18)19/h3,6-7,10H,4-5,8-9,14H2,1-2H3,(H2,15,18,19). The first kappa shape index (κ1) is 15.1. The van der Waals surface area contributed by atoms with Gasteiger partial charge in [0.1, 0.15) is 4.90 Å². The minimum absolute atomic E-state index is 0.00832. The number of anilines is 2. The van der Waals surface area contributed by atoms with Gasteiger partial charge in [0.25, 0.3) is 0 Å². The van der Waals surface area contributed by atoms with E-state index in [2.05, 4.69) is 16.8 Å². The zero-order valence-electron chi connectivity index (χ0n) is 11.9. The molecule has 0 bridgehead atoms. The summed E-state index contributed by atoms with van der Waals surface area (Å²) >= 11 is 0. The summed E-state index contributed by atoms with van der Waals surface area (Å²) in [5.41, 5.74) is 6.94. The molecule has 0 aliphatic carbocycles. The van der Waals surface area contributed by atoms with Crippen LogP contribution in [-0.2, 0) is 10.0 Å². The second-order valence-corrected chi connectivity index (χ2v) is 6.93. The van der Waals surface area contributed by atoms with Crippen LogP contribution in [0.5, 0.6) is 0 Å². The fourth-order valence-electron chi connectivity index (χ4n) is 2.74. The molecular weight excluding hydrogens is 276 g/mol. The Morgan fingerprint density at radius 2 is 2.10 bits per heavy atom. The summed E-state index contributed by atoms with van der Waals surface area (Å²) in [6, 6.07) is 5.27. The average Bonchev–Trinajstić information content (AvgIpc) is 2.37. The van der Waals surface area contributed by atoms with Crippen molar-refractivity contribution in [3.63, 3.8) is 0 Å². The van der Waals surface area contributed by atoms with Crippen LogP contribution < -0.4 is 15.8 Å². The van der Waals surface area contributed by atoms with Gasteiger partial charge >= 0.3 is 0 Å². The van der Waals surface area contributed by atoms with Gasteiger partial charge in [-0.1, -0.05) is 6.07 Å². The average molecular weight is 298 g/mol. The summed E-state index contributed by atoms with van der Waals surface area (Å²) < 4.78 is 23.1. The topological polar surface area (TPSA) is 92.7 Å². The Hall–Kier alpha value is -1.31. The molecule has 1 fully saturated rings. The van der Waals surface area contributed by atoms with Crippen molar-refractivity contribution in [2.45, 2.75) is 23.8 Å². The summed E-state index contributed by atoms with van der Waals surface area (Å²) in [6.45, 7) is 2.03. The molecule has 20 heavy (non-hydrogen) atoms. The molecule has 112 valence electrons. The van der Waals surface area contributed by atoms with Crippen molar-refractivity contribution in [2.75, 3.05) is 37.8 Å². The lowest BCUT2D eigenvalue weighted by Gasteiger charge is -2.37. The van der Waals surface area contributed by atoms with E-state index in [1.807, 2.05) is 13.1 Å². The smallest absolute Gasteiger partial charge is 0.240 e. The Bertz CT molecular complexity index is 588. The highest BCUT2D eigenvalue weighted by atomic mass is 32.2. The normalized spacial score (nSPS) is 20.9. The summed E-state index contributed by atoms with van der Waals surface area (Å²) in [7, 11) is 0.241. The van der Waals surface area contributed by atoms with Gasteiger partial charge in [0.15, 0.2) is 0 Å². The number of nitrogens with zero attached hydrogens (tertiary/aromatic N) is 2. The molecule has 0 saturated carbocycles. The highest BCUT2D eigenvalue weighted by Crippen LogP contribution is 2.31. The predicted octanol–water partition coefficient (Wildman–Crippen LogP) is 0.447. The summed E-state index contributed by atoms with van der Waals surface area (Å²) in [6.07, 6.45) is 2.19. The van der Waals surface area contributed by atoms with Crippen LogP contribution in [0, 0.1) is 0 Å². The van der Waals surface area contributed by atoms with E-state index in [0.29, 0.717) is 6.04 Å². The fourth-order valence-corrected chi connectivity index (χ4v) is 3.42. The van der Waals surface area contributed by atoms with E-state index in [4.69, 9.17) is 10.9 Å². The van der Waals surface area contributed by atoms with Crippen molar-refractivity contribution in [1.82, 2.24) is 4.90 Å². The number of benzene rings is 1. The molecule has 0 radical (unpaired) electrons. The number of likely N-dealkylation sites (tertiary alicyclic amines) is 1. The third kappa shape index (κ3) is 3.05. The first-order valence-electron chi connectivity index (χ1n) is 6.63. The van der Waals surface area contributed by atoms with Crippen molar-refractivity contribution in [1.29, 1.82) is 0 Å². The third-order valence-corrected chi connectivity index (χ3v) is 4.85. The van der Waals surface area contributed by atoms with Crippen LogP contribution in [-0.4, -0.2) is 46.5 Å². The molecule has 0 spiro atoms. The van der Waals surface area contributed by atoms with E-state index in [1.54, 1.807) is 6.07 Å². The molecule has 4 N–H and O–H groups in total. The van der Waals surface area contributed by atoms with Crippen LogP contribution in [0.3, 0.4) is 0 Å². The quantitative estimate of drug-likeness (QED) is 0.790. The van der Waals surface area contributed by atoms with Gasteiger partial charge in [-0.05, 0) is 38.6 Å². The zero-order chi connectivity index (χ0) is 14.9. The van der Waals surface area contributed by atoms with Gasteiger partial charge in [-0.15, -0.1) is 0 Å². The Labute approximate surface area is 120 Å². The first-order chi connectivity index (χ1) is 9.30. The number of likely N-dealkylation sites (N-methyl/N-ethyl adjacent to an activating group) is 2. The number of piperidine rings is 1. The molecule has 2 rings (SSSR count). The minimum atomic E-state index is -3.79. The van der Waals surface area contributed by atoms with Crippen LogP contribution in [0.15, 0.2) is 23.1 Å². The van der Waals surface area contributed by atoms with E-state index >= 15 is 0 Å². The molecule has 1 aromatic carbocycles. The molecule has 1 atom stereocenters. The number of sulfonamides is 1. The third-order valence-electron chi connectivity index (χ3n) is 3.88. The van der Waals surface area contributed by atoms with Crippen molar-refractivity contribution < 1.29 is 8.42 Å². The van der Waals surface area contributed by atoms with Crippen molar-refractivity contribution >= 4 is 21.4 Å². The SMILES string of the molecule is CN1CCCC(N(C)c2cccc(S(N)(=O)=O)c2N)C1. The summed E-state index contributed by atoms with van der Waals surface area (Å²) in [5.74, 6) is 0. The Kier molecular flexibility index (Phi) is 4.22. The molecule has 1 aliphatic rings. The number of para-hydroxylation sites is 1. The maximum absolute atomic E-state index is 11.5. The predicted molar refractivity (Wildman–Crippen MR) is 81.1 cm³/mol. The van der Waals surface area contributed by atoms with Gasteiger partial charge in [0.2, 0.25) is 10.0 Å². The van der Waals surface area contributed by atoms with Gasteiger partial charge in [0.05, 0.1) is 11.4 Å². The van der Waals surface area contributed by atoms with Gasteiger partial charge in [-0.2, -0.15) is 0 Å². The second-order valence-electron chi connectivity index (χ2n) is 5.40. The zero-order valence-corrected chi connectivity index (χ0v) is 12.7. The Morgan fingerprint density at radius 1 is 1.40 bits per heavy atom. The van der Waals surface area contributed by atoms with E-state index in [-0.39, 0.29) is 10.6 Å². The fraction of sp³-hybridized carbons (Fsp3) is 0.538. The van der Waals surface area contributed by atoms with E-state index < -0.39 is 10.0 Å². The van der Waals surface area contributed by atoms with Crippen LogP contribution >= 0.6 is 0 Å². The van der Waals surface area contributed by atoms with Crippen LogP contribution in [0.25, 0.3) is 0 Å². The lowest BCUT2D eigenvalue weighted by molar-refractivity contribution is 0.248. The van der Waals surface area contributed by atoms with Gasteiger partial charge < -0.3 is 15.5 Å². The molecule has 1 unspecified atom stereocenters. The first-order valence-corrected chi connectivity index (χ1v) is 8.18. The van der Waals surface area contributed by atoms with Crippen molar-refractivity contribution in [3.8, 4) is 0 Å². The minimum Gasteiger partial charge on any atom is -0.396 e. The lowest BCUT2D eigenvalue weighted by Crippen LogP contribution is -2.45. The van der Waals surface area contributed by atoms with Crippen LogP contribution in [0.4, 0.5) is 11.4 Å². The molecule has 7 heteroatoms. The molecule has 1 aromatic rings. The monoisotopic (exact) mass is 298 g/mol. The molecule has 1 aliphatic heterocycles. The summed E-state index contributed by atoms with van der Waals surface area (Å²) in [4.78, 5) is 4.32. The number of nitrogens with two attached hydrogens (primary N) is 2. The van der Waals surface area contributed by atoms with E-state index in [9.17, 15) is 8.42 Å². The molecule has 1 saturated heterocycles. The molecular formula is C13H22N4O2S. The molecule has 0 amide bonds. The number of nitrogen functional groups attached to an aromatic ring is 1. The number of hydrogen-bond donors (Lipinski definition) is 2. The van der Waals surface area contributed by atoms with Crippen molar-refractivity contribution in [3.05, 3.63) is 18.2 Å². The van der Waals surface area contributed by atoms with Crippen molar-refractivity contribution in [2.24, 2.45) is 5.14 Å². The Balaban J connectivity index is 2.33. The van der Waals surface area contributed by atoms with Crippen LogP contribution in [0.1, 0.15) is 12.8 Å². The highest BCUT2D eigenvalue weighted by Gasteiger charge is 2.24. The molecule has 6 nitrogen and oxygen atoms in total. The van der Waals surface area contributed by atoms with E-state index in [1.165, 1.54) is 6.07 Å². The number of rotatable bonds is 3. The number of primary sulfonamides is 1. The maximum Gasteiger partial charge on any atom is 0.240 e. The van der Waals surface area contributed by atoms with Gasteiger partial charge in [0, 0.05) is 19.6 Å². The maximum atomic E-state index is 11.5. The van der Waals surface area contributed by atoms with Crippen LogP contribution in [0.2, 0.25) is 0 Å².